The summed E-state index contributed by atoms with van der Waals surface area (Å²) in [6.07, 6.45) is 3.49. The van der Waals surface area contributed by atoms with Gasteiger partial charge in [0.25, 0.3) is 5.91 Å². The SMILES string of the molecule is CC(C)C=CC(=O)N(C)NC(C)C. The largest absolute Gasteiger partial charge is 0.277 e. The third-order valence-electron chi connectivity index (χ3n) is 1.41. The second-order valence-corrected chi connectivity index (χ2v) is 3.78. The van der Waals surface area contributed by atoms with Crippen molar-refractivity contribution in [2.45, 2.75) is 33.7 Å². The predicted octanol–water partition coefficient (Wildman–Crippen LogP) is 1.57. The van der Waals surface area contributed by atoms with E-state index in [0.29, 0.717) is 5.92 Å². The first-order valence-corrected chi connectivity index (χ1v) is 4.65. The van der Waals surface area contributed by atoms with Gasteiger partial charge in [-0.25, -0.2) is 5.43 Å². The van der Waals surface area contributed by atoms with E-state index < -0.39 is 0 Å². The van der Waals surface area contributed by atoms with Crippen LogP contribution in [0.1, 0.15) is 27.7 Å². The molecule has 0 saturated carbocycles. The van der Waals surface area contributed by atoms with Gasteiger partial charge in [0.15, 0.2) is 0 Å². The number of nitrogens with one attached hydrogen (secondary N) is 1. The van der Waals surface area contributed by atoms with Crippen molar-refractivity contribution in [3.8, 4) is 0 Å². The summed E-state index contributed by atoms with van der Waals surface area (Å²) in [5, 5.41) is 1.50. The smallest absolute Gasteiger partial charge is 0.260 e. The van der Waals surface area contributed by atoms with E-state index in [0.717, 1.165) is 0 Å². The number of hydrogen-bond acceptors (Lipinski definition) is 2. The lowest BCUT2D eigenvalue weighted by Crippen LogP contribution is -2.42. The highest BCUT2D eigenvalue weighted by molar-refractivity contribution is 5.86. The van der Waals surface area contributed by atoms with Gasteiger partial charge in [0.2, 0.25) is 0 Å². The van der Waals surface area contributed by atoms with Gasteiger partial charge in [-0.15, -0.1) is 0 Å². The fourth-order valence-corrected chi connectivity index (χ4v) is 0.837. The van der Waals surface area contributed by atoms with Crippen LogP contribution in [0.25, 0.3) is 0 Å². The average molecular weight is 184 g/mol. The quantitative estimate of drug-likeness (QED) is 0.531. The molecule has 0 aliphatic rings. The van der Waals surface area contributed by atoms with Gasteiger partial charge < -0.3 is 0 Å². The first kappa shape index (κ1) is 12.2. The Morgan fingerprint density at radius 1 is 1.31 bits per heavy atom. The fraction of sp³-hybridized carbons (Fsp3) is 0.700. The topological polar surface area (TPSA) is 32.3 Å². The number of nitrogens with zero attached hydrogens (tertiary/aromatic N) is 1. The molecule has 0 aromatic heterocycles. The highest BCUT2D eigenvalue weighted by atomic mass is 16.2. The third-order valence-corrected chi connectivity index (χ3v) is 1.41. The van der Waals surface area contributed by atoms with Crippen LogP contribution in [0.2, 0.25) is 0 Å². The predicted molar refractivity (Wildman–Crippen MR) is 55.0 cm³/mol. The Hall–Kier alpha value is -0.830. The van der Waals surface area contributed by atoms with Gasteiger partial charge in [-0.05, 0) is 19.8 Å². The molecule has 1 N–H and O–H groups in total. The first-order valence-electron chi connectivity index (χ1n) is 4.65. The van der Waals surface area contributed by atoms with Gasteiger partial charge in [0, 0.05) is 19.2 Å². The number of likely N-dealkylation sites (N-methyl/N-ethyl adjacent to an activating group) is 1. The molecule has 3 heteroatoms. The molecule has 0 aliphatic carbocycles. The normalized spacial score (nSPS) is 11.6. The zero-order valence-electron chi connectivity index (χ0n) is 9.16. The van der Waals surface area contributed by atoms with E-state index in [1.807, 2.05) is 33.8 Å². The molecule has 0 aromatic rings. The zero-order chi connectivity index (χ0) is 10.4. The van der Waals surface area contributed by atoms with Gasteiger partial charge in [-0.1, -0.05) is 19.9 Å². The van der Waals surface area contributed by atoms with E-state index >= 15 is 0 Å². The van der Waals surface area contributed by atoms with Crippen LogP contribution in [-0.2, 0) is 4.79 Å². The van der Waals surface area contributed by atoms with E-state index in [9.17, 15) is 4.79 Å². The zero-order valence-corrected chi connectivity index (χ0v) is 9.16. The molecule has 1 amide bonds. The van der Waals surface area contributed by atoms with Crippen molar-refractivity contribution in [3.05, 3.63) is 12.2 Å². The molecular weight excluding hydrogens is 164 g/mol. The van der Waals surface area contributed by atoms with Gasteiger partial charge in [-0.2, -0.15) is 0 Å². The maximum atomic E-state index is 11.4. The van der Waals surface area contributed by atoms with Crippen LogP contribution in [0.5, 0.6) is 0 Å². The van der Waals surface area contributed by atoms with Gasteiger partial charge >= 0.3 is 0 Å². The van der Waals surface area contributed by atoms with Crippen molar-refractivity contribution in [1.29, 1.82) is 0 Å². The van der Waals surface area contributed by atoms with Gasteiger partial charge in [-0.3, -0.25) is 9.80 Å². The number of carbonyl (C=O) groups excluding carboxylic acids is 1. The number of hydrazine groups is 1. The monoisotopic (exact) mass is 184 g/mol. The van der Waals surface area contributed by atoms with Crippen molar-refractivity contribution >= 4 is 5.91 Å². The Kier molecular flexibility index (Phi) is 5.39. The van der Waals surface area contributed by atoms with Crippen LogP contribution in [0.15, 0.2) is 12.2 Å². The lowest BCUT2D eigenvalue weighted by molar-refractivity contribution is -0.128. The summed E-state index contributed by atoms with van der Waals surface area (Å²) < 4.78 is 0. The van der Waals surface area contributed by atoms with E-state index in [-0.39, 0.29) is 11.9 Å². The molecule has 0 rings (SSSR count). The van der Waals surface area contributed by atoms with Gasteiger partial charge in [0.1, 0.15) is 0 Å². The summed E-state index contributed by atoms with van der Waals surface area (Å²) in [5.74, 6) is 0.402. The Morgan fingerprint density at radius 3 is 2.23 bits per heavy atom. The number of amides is 1. The molecule has 0 fully saturated rings. The van der Waals surface area contributed by atoms with Crippen molar-refractivity contribution in [2.24, 2.45) is 5.92 Å². The van der Waals surface area contributed by atoms with Crippen molar-refractivity contribution in [3.63, 3.8) is 0 Å². The average Bonchev–Trinajstić information content (AvgIpc) is 1.98. The molecule has 0 heterocycles. The van der Waals surface area contributed by atoms with Crippen LogP contribution in [0.3, 0.4) is 0 Å². The summed E-state index contributed by atoms with van der Waals surface area (Å²) in [6.45, 7) is 8.07. The van der Waals surface area contributed by atoms with Crippen molar-refractivity contribution in [2.75, 3.05) is 7.05 Å². The highest BCUT2D eigenvalue weighted by Crippen LogP contribution is 1.94. The molecule has 0 unspecified atom stereocenters. The molecule has 3 nitrogen and oxygen atoms in total. The number of carbonyl (C=O) groups is 1. The summed E-state index contributed by atoms with van der Waals surface area (Å²) in [4.78, 5) is 11.4. The molecule has 0 aliphatic heterocycles. The molecule has 0 saturated heterocycles. The lowest BCUT2D eigenvalue weighted by Gasteiger charge is -2.19. The number of hydrogen-bond donors (Lipinski definition) is 1. The Morgan fingerprint density at radius 2 is 1.85 bits per heavy atom. The van der Waals surface area contributed by atoms with Gasteiger partial charge in [0.05, 0.1) is 0 Å². The van der Waals surface area contributed by atoms with Crippen LogP contribution < -0.4 is 5.43 Å². The molecule has 13 heavy (non-hydrogen) atoms. The van der Waals surface area contributed by atoms with E-state index in [2.05, 4.69) is 5.43 Å². The van der Waals surface area contributed by atoms with Crippen LogP contribution in [0.4, 0.5) is 0 Å². The first-order chi connectivity index (χ1) is 5.93. The summed E-state index contributed by atoms with van der Waals surface area (Å²) in [7, 11) is 1.73. The number of allylic oxidation sites excluding steroid dienone is 1. The summed E-state index contributed by atoms with van der Waals surface area (Å²) in [5.41, 5.74) is 3.00. The van der Waals surface area contributed by atoms with Crippen molar-refractivity contribution in [1.82, 2.24) is 10.4 Å². The maximum absolute atomic E-state index is 11.4. The van der Waals surface area contributed by atoms with Crippen LogP contribution >= 0.6 is 0 Å². The van der Waals surface area contributed by atoms with E-state index in [4.69, 9.17) is 0 Å². The molecule has 0 radical (unpaired) electrons. The minimum atomic E-state index is -0.0117. The second-order valence-electron chi connectivity index (χ2n) is 3.78. The number of rotatable bonds is 4. The molecule has 0 bridgehead atoms. The van der Waals surface area contributed by atoms with Crippen LogP contribution in [-0.4, -0.2) is 24.0 Å². The maximum Gasteiger partial charge on any atom is 0.260 e. The molecule has 76 valence electrons. The molecular formula is C10H20N2O. The Bertz CT molecular complexity index is 185. The second kappa shape index (κ2) is 5.75. The molecule has 0 aromatic carbocycles. The Labute approximate surface area is 80.8 Å². The fourth-order valence-electron chi connectivity index (χ4n) is 0.837. The Balaban J connectivity index is 3.96. The summed E-state index contributed by atoms with van der Waals surface area (Å²) in [6, 6.07) is 0.279. The van der Waals surface area contributed by atoms with E-state index in [1.54, 1.807) is 13.1 Å². The lowest BCUT2D eigenvalue weighted by atomic mass is 10.2. The minimum absolute atomic E-state index is 0.0117. The third kappa shape index (κ3) is 6.34. The molecule has 0 spiro atoms. The highest BCUT2D eigenvalue weighted by Gasteiger charge is 2.04. The standard InChI is InChI=1S/C10H20N2O/c1-8(2)6-7-10(13)12(5)11-9(3)4/h6-9,11H,1-5H3. The summed E-state index contributed by atoms with van der Waals surface area (Å²) >= 11 is 0. The molecule has 0 atom stereocenters. The van der Waals surface area contributed by atoms with Crippen molar-refractivity contribution < 1.29 is 4.79 Å². The van der Waals surface area contributed by atoms with Crippen LogP contribution in [0, 0.1) is 5.92 Å². The minimum Gasteiger partial charge on any atom is -0.277 e. The van der Waals surface area contributed by atoms with E-state index in [1.165, 1.54) is 5.01 Å².